The topological polar surface area (TPSA) is 24.9 Å². The van der Waals surface area contributed by atoms with Crippen LogP contribution in [0.15, 0.2) is 77.4 Å². The molecular formula is C17H13BrN2. The molecule has 1 heterocycles. The van der Waals surface area contributed by atoms with Crippen LogP contribution in [0.5, 0.6) is 0 Å². The fourth-order valence-corrected chi connectivity index (χ4v) is 2.35. The zero-order chi connectivity index (χ0) is 13.8. The molecule has 0 spiro atoms. The number of halogens is 1. The van der Waals surface area contributed by atoms with Gasteiger partial charge >= 0.3 is 0 Å². The Hall–Kier alpha value is -2.13. The van der Waals surface area contributed by atoms with Crippen LogP contribution < -0.4 is 5.32 Å². The molecule has 0 radical (unpaired) electrons. The molecule has 3 aromatic rings. The van der Waals surface area contributed by atoms with Crippen LogP contribution in [-0.4, -0.2) is 4.98 Å². The first-order valence-corrected chi connectivity index (χ1v) is 7.15. The third kappa shape index (κ3) is 2.89. The summed E-state index contributed by atoms with van der Waals surface area (Å²) in [6.07, 6.45) is 1.77. The Morgan fingerprint density at radius 3 is 2.15 bits per heavy atom. The van der Waals surface area contributed by atoms with Crippen molar-refractivity contribution in [1.29, 1.82) is 0 Å². The average Bonchev–Trinajstić information content (AvgIpc) is 2.51. The third-order valence-corrected chi connectivity index (χ3v) is 3.65. The highest BCUT2D eigenvalue weighted by molar-refractivity contribution is 9.10. The summed E-state index contributed by atoms with van der Waals surface area (Å²) in [5.74, 6) is 0.819. The fraction of sp³-hybridized carbons (Fsp3) is 0. The van der Waals surface area contributed by atoms with E-state index < -0.39 is 0 Å². The fourth-order valence-electron chi connectivity index (χ4n) is 1.99. The maximum Gasteiger partial charge on any atom is 0.144 e. The van der Waals surface area contributed by atoms with Crippen molar-refractivity contribution in [3.63, 3.8) is 0 Å². The first-order chi connectivity index (χ1) is 9.83. The largest absolute Gasteiger partial charge is 0.339 e. The summed E-state index contributed by atoms with van der Waals surface area (Å²) in [6.45, 7) is 0. The van der Waals surface area contributed by atoms with Gasteiger partial charge in [0.15, 0.2) is 0 Å². The van der Waals surface area contributed by atoms with E-state index >= 15 is 0 Å². The van der Waals surface area contributed by atoms with E-state index in [1.165, 1.54) is 11.1 Å². The molecule has 1 aromatic heterocycles. The smallest absolute Gasteiger partial charge is 0.144 e. The lowest BCUT2D eigenvalue weighted by atomic mass is 10.1. The second-order valence-electron chi connectivity index (χ2n) is 4.40. The van der Waals surface area contributed by atoms with Crippen LogP contribution in [0.2, 0.25) is 0 Å². The number of hydrogen-bond donors (Lipinski definition) is 1. The summed E-state index contributed by atoms with van der Waals surface area (Å²) in [7, 11) is 0. The van der Waals surface area contributed by atoms with E-state index in [-0.39, 0.29) is 0 Å². The van der Waals surface area contributed by atoms with Crippen LogP contribution in [0, 0.1) is 0 Å². The summed E-state index contributed by atoms with van der Waals surface area (Å²) in [5, 5.41) is 3.29. The van der Waals surface area contributed by atoms with Gasteiger partial charge in [0.25, 0.3) is 0 Å². The second kappa shape index (κ2) is 5.88. The molecule has 1 N–H and O–H groups in total. The SMILES string of the molecule is Brc1cccnc1Nc1ccc(-c2ccccc2)cc1. The number of hydrogen-bond acceptors (Lipinski definition) is 2. The highest BCUT2D eigenvalue weighted by Gasteiger charge is 2.01. The maximum atomic E-state index is 4.30. The Labute approximate surface area is 126 Å². The van der Waals surface area contributed by atoms with Gasteiger partial charge < -0.3 is 5.32 Å². The van der Waals surface area contributed by atoms with Crippen LogP contribution in [0.3, 0.4) is 0 Å². The third-order valence-electron chi connectivity index (χ3n) is 3.01. The molecule has 2 nitrogen and oxygen atoms in total. The maximum absolute atomic E-state index is 4.30. The predicted molar refractivity (Wildman–Crippen MR) is 87.1 cm³/mol. The average molecular weight is 325 g/mol. The Bertz CT molecular complexity index is 694. The lowest BCUT2D eigenvalue weighted by Crippen LogP contribution is -1.93. The standard InChI is InChI=1S/C17H13BrN2/c18-16-7-4-12-19-17(16)20-15-10-8-14(9-11-15)13-5-2-1-3-6-13/h1-12H,(H,19,20). The van der Waals surface area contributed by atoms with Crippen molar-refractivity contribution in [2.75, 3.05) is 5.32 Å². The van der Waals surface area contributed by atoms with Gasteiger partial charge in [0, 0.05) is 11.9 Å². The van der Waals surface area contributed by atoms with Gasteiger partial charge in [-0.1, -0.05) is 42.5 Å². The van der Waals surface area contributed by atoms with Crippen molar-refractivity contribution in [2.45, 2.75) is 0 Å². The summed E-state index contributed by atoms with van der Waals surface area (Å²) in [5.41, 5.74) is 3.44. The molecule has 0 amide bonds. The van der Waals surface area contributed by atoms with Crippen molar-refractivity contribution in [3.8, 4) is 11.1 Å². The molecule has 3 heteroatoms. The van der Waals surface area contributed by atoms with E-state index in [1.54, 1.807) is 6.20 Å². The zero-order valence-corrected chi connectivity index (χ0v) is 12.3. The van der Waals surface area contributed by atoms with Crippen LogP contribution in [-0.2, 0) is 0 Å². The Balaban J connectivity index is 1.82. The first kappa shape index (κ1) is 12.9. The molecule has 0 aliphatic carbocycles. The molecule has 2 aromatic carbocycles. The number of benzene rings is 2. The normalized spacial score (nSPS) is 10.2. The zero-order valence-electron chi connectivity index (χ0n) is 10.8. The van der Waals surface area contributed by atoms with Crippen LogP contribution in [0.25, 0.3) is 11.1 Å². The first-order valence-electron chi connectivity index (χ1n) is 6.36. The van der Waals surface area contributed by atoms with Gasteiger partial charge in [0.05, 0.1) is 4.47 Å². The molecule has 0 unspecified atom stereocenters. The van der Waals surface area contributed by atoms with Crippen LogP contribution >= 0.6 is 15.9 Å². The molecular weight excluding hydrogens is 312 g/mol. The molecule has 0 saturated heterocycles. The molecule has 0 saturated carbocycles. The lowest BCUT2D eigenvalue weighted by Gasteiger charge is -2.08. The second-order valence-corrected chi connectivity index (χ2v) is 5.26. The molecule has 0 bridgehead atoms. The predicted octanol–water partition coefficient (Wildman–Crippen LogP) is 5.25. The Kier molecular flexibility index (Phi) is 3.79. The van der Waals surface area contributed by atoms with E-state index in [9.17, 15) is 0 Å². The highest BCUT2D eigenvalue weighted by Crippen LogP contribution is 2.25. The van der Waals surface area contributed by atoms with Gasteiger partial charge in [-0.2, -0.15) is 0 Å². The number of rotatable bonds is 3. The van der Waals surface area contributed by atoms with Gasteiger partial charge in [-0.25, -0.2) is 4.98 Å². The molecule has 0 atom stereocenters. The van der Waals surface area contributed by atoms with E-state index in [4.69, 9.17) is 0 Å². The van der Waals surface area contributed by atoms with E-state index in [0.29, 0.717) is 0 Å². The summed E-state index contributed by atoms with van der Waals surface area (Å²) in [4.78, 5) is 4.30. The van der Waals surface area contributed by atoms with Crippen molar-refractivity contribution in [2.24, 2.45) is 0 Å². The highest BCUT2D eigenvalue weighted by atomic mass is 79.9. The minimum absolute atomic E-state index is 0.819. The minimum atomic E-state index is 0.819. The lowest BCUT2D eigenvalue weighted by molar-refractivity contribution is 1.29. The monoisotopic (exact) mass is 324 g/mol. The molecule has 3 rings (SSSR count). The van der Waals surface area contributed by atoms with Crippen molar-refractivity contribution >= 4 is 27.4 Å². The molecule has 20 heavy (non-hydrogen) atoms. The Morgan fingerprint density at radius 1 is 0.750 bits per heavy atom. The molecule has 98 valence electrons. The van der Waals surface area contributed by atoms with Gasteiger partial charge in [-0.3, -0.25) is 0 Å². The van der Waals surface area contributed by atoms with E-state index in [2.05, 4.69) is 62.6 Å². The van der Waals surface area contributed by atoms with Crippen LogP contribution in [0.1, 0.15) is 0 Å². The van der Waals surface area contributed by atoms with Gasteiger partial charge in [0.2, 0.25) is 0 Å². The minimum Gasteiger partial charge on any atom is -0.339 e. The number of nitrogens with one attached hydrogen (secondary N) is 1. The van der Waals surface area contributed by atoms with E-state index in [0.717, 1.165) is 16.0 Å². The quantitative estimate of drug-likeness (QED) is 0.711. The van der Waals surface area contributed by atoms with Gasteiger partial charge in [-0.15, -0.1) is 0 Å². The number of anilines is 2. The van der Waals surface area contributed by atoms with Crippen LogP contribution in [0.4, 0.5) is 11.5 Å². The number of pyridine rings is 1. The molecule has 0 aliphatic rings. The summed E-state index contributed by atoms with van der Waals surface area (Å²) in [6, 6.07) is 22.5. The van der Waals surface area contributed by atoms with E-state index in [1.807, 2.05) is 30.3 Å². The van der Waals surface area contributed by atoms with Crippen molar-refractivity contribution in [1.82, 2.24) is 4.98 Å². The summed E-state index contributed by atoms with van der Waals surface area (Å²) >= 11 is 3.48. The Morgan fingerprint density at radius 2 is 1.45 bits per heavy atom. The molecule has 0 aliphatic heterocycles. The van der Waals surface area contributed by atoms with Crippen molar-refractivity contribution in [3.05, 3.63) is 77.4 Å². The van der Waals surface area contributed by atoms with Gasteiger partial charge in [-0.05, 0) is 51.3 Å². The summed E-state index contributed by atoms with van der Waals surface area (Å²) < 4.78 is 0.951. The van der Waals surface area contributed by atoms with Crippen molar-refractivity contribution < 1.29 is 0 Å². The number of nitrogens with zero attached hydrogens (tertiary/aromatic N) is 1. The number of aromatic nitrogens is 1. The molecule has 0 fully saturated rings. The van der Waals surface area contributed by atoms with Gasteiger partial charge in [0.1, 0.15) is 5.82 Å².